The molecule has 11 heteroatoms. The molecule has 0 aromatic heterocycles. The first-order chi connectivity index (χ1) is 19.3. The number of cyclic esters (lactones) is 1. The van der Waals surface area contributed by atoms with Crippen LogP contribution in [0.1, 0.15) is 64.7 Å². The minimum absolute atomic E-state index is 0.112. The molecule has 0 aromatic carbocycles. The first kappa shape index (κ1) is 29.6. The molecule has 14 atom stereocenters. The van der Waals surface area contributed by atoms with E-state index in [0.717, 1.165) is 11.9 Å². The quantitative estimate of drug-likeness (QED) is 0.161. The number of aliphatic hydroxyl groups excluding tert-OH is 5. The van der Waals surface area contributed by atoms with Gasteiger partial charge in [0, 0.05) is 30.4 Å². The van der Waals surface area contributed by atoms with Gasteiger partial charge in [-0.25, -0.2) is 4.79 Å². The molecule has 5 fully saturated rings. The molecule has 230 valence electrons. The topological polar surface area (TPSA) is 194 Å². The fourth-order valence-corrected chi connectivity index (χ4v) is 10.3. The van der Waals surface area contributed by atoms with Crippen molar-refractivity contribution in [2.75, 3.05) is 13.2 Å². The van der Waals surface area contributed by atoms with E-state index < -0.39 is 76.5 Å². The van der Waals surface area contributed by atoms with E-state index in [1.165, 1.54) is 6.08 Å². The van der Waals surface area contributed by atoms with Gasteiger partial charge >= 0.3 is 5.97 Å². The summed E-state index contributed by atoms with van der Waals surface area (Å²) >= 11 is 0. The monoisotopic (exact) mass is 580 g/mol. The smallest absolute Gasteiger partial charge is 0.331 e. The highest BCUT2D eigenvalue weighted by atomic mass is 16.5. The minimum atomic E-state index is -1.47. The van der Waals surface area contributed by atoms with Gasteiger partial charge < -0.3 is 50.0 Å². The van der Waals surface area contributed by atoms with Gasteiger partial charge in [-0.15, -0.1) is 0 Å². The fourth-order valence-electron chi connectivity index (χ4n) is 10.3. The molecule has 6 aliphatic rings. The van der Waals surface area contributed by atoms with Gasteiger partial charge in [0.2, 0.25) is 0 Å². The van der Waals surface area contributed by atoms with Crippen LogP contribution < -0.4 is 0 Å². The molecule has 0 unspecified atom stereocenters. The van der Waals surface area contributed by atoms with Crippen LogP contribution in [0.25, 0.3) is 0 Å². The van der Waals surface area contributed by atoms with E-state index >= 15 is 0 Å². The molecule has 1 aliphatic heterocycles. The average molecular weight is 581 g/mol. The highest BCUT2D eigenvalue weighted by Crippen LogP contribution is 2.70. The second-order valence-corrected chi connectivity index (χ2v) is 14.0. The number of hydrogen-bond acceptors (Lipinski definition) is 11. The standard InChI is InChI=1S/C30H44O11/c1-27-18(16-9-23(34)40-13-16)4-7-30(27,39)19-3-6-29(38)11-17(2-5-28(29,14-32)20(19)10-22(27)33)41-21-8-15(12-31)24(35)26(37)25(21)36/h9,14-15,17-22,24-26,31,33,35-39H,2-8,10-13H2,1H3/t15-,17-,18+,19-,20+,21+,22-,24-,25+,26-,27+,28+,29+,30+/m1/s1. The van der Waals surface area contributed by atoms with E-state index in [1.807, 2.05) is 6.92 Å². The third kappa shape index (κ3) is 4.00. The van der Waals surface area contributed by atoms with Crippen LogP contribution in [-0.4, -0.2) is 109 Å². The number of carbonyl (C=O) groups excluding carboxylic acids is 2. The van der Waals surface area contributed by atoms with Gasteiger partial charge in [-0.3, -0.25) is 0 Å². The van der Waals surface area contributed by atoms with Crippen LogP contribution in [0.4, 0.5) is 0 Å². The highest BCUT2D eigenvalue weighted by molar-refractivity contribution is 5.85. The van der Waals surface area contributed by atoms with E-state index in [9.17, 15) is 45.3 Å². The van der Waals surface area contributed by atoms with Crippen molar-refractivity contribution >= 4 is 12.3 Å². The van der Waals surface area contributed by atoms with Gasteiger partial charge in [0.15, 0.2) is 0 Å². The highest BCUT2D eigenvalue weighted by Gasteiger charge is 2.74. The number of aldehydes is 1. The molecule has 5 aliphatic carbocycles. The largest absolute Gasteiger partial charge is 0.458 e. The SMILES string of the molecule is C[C@]12[C@H](O)C[C@H]3[C@@H](CC[C@]4(O)C[C@H](O[C@H]5C[C@H](CO)[C@@H](O)[C@@H](O)[C@H]5O)CC[C@]34C=O)[C@@]1(O)CC[C@H]2C1=CC(=O)OC1. The Morgan fingerprint density at radius 1 is 1.00 bits per heavy atom. The molecule has 1 heterocycles. The lowest BCUT2D eigenvalue weighted by atomic mass is 9.41. The third-order valence-corrected chi connectivity index (χ3v) is 12.6. The number of fused-ring (bicyclic) bond motifs is 5. The molecule has 0 spiro atoms. The lowest BCUT2D eigenvalue weighted by molar-refractivity contribution is -0.276. The van der Waals surface area contributed by atoms with Crippen LogP contribution >= 0.6 is 0 Å². The van der Waals surface area contributed by atoms with Gasteiger partial charge in [0.1, 0.15) is 25.1 Å². The maximum absolute atomic E-state index is 13.0. The Bertz CT molecular complexity index is 1090. The Balaban J connectivity index is 1.24. The van der Waals surface area contributed by atoms with E-state index in [1.54, 1.807) is 0 Å². The molecule has 0 radical (unpaired) electrons. The Morgan fingerprint density at radius 2 is 1.76 bits per heavy atom. The van der Waals surface area contributed by atoms with Gasteiger partial charge in [-0.05, 0) is 74.7 Å². The van der Waals surface area contributed by atoms with Gasteiger partial charge in [-0.1, -0.05) is 6.92 Å². The van der Waals surface area contributed by atoms with Crippen molar-refractivity contribution in [1.82, 2.24) is 0 Å². The van der Waals surface area contributed by atoms with E-state index in [0.29, 0.717) is 25.7 Å². The van der Waals surface area contributed by atoms with Crippen LogP contribution in [0, 0.1) is 34.5 Å². The van der Waals surface area contributed by atoms with E-state index in [4.69, 9.17) is 9.47 Å². The first-order valence-corrected chi connectivity index (χ1v) is 15.1. The van der Waals surface area contributed by atoms with Crippen molar-refractivity contribution < 1.29 is 54.8 Å². The number of carbonyl (C=O) groups is 2. The molecular formula is C30H44O11. The van der Waals surface area contributed by atoms with Crippen molar-refractivity contribution in [1.29, 1.82) is 0 Å². The molecule has 7 N–H and O–H groups in total. The van der Waals surface area contributed by atoms with Crippen molar-refractivity contribution in [3.05, 3.63) is 11.6 Å². The summed E-state index contributed by atoms with van der Waals surface area (Å²) in [5.74, 6) is -2.09. The minimum Gasteiger partial charge on any atom is -0.458 e. The van der Waals surface area contributed by atoms with Crippen LogP contribution in [0.2, 0.25) is 0 Å². The molecule has 5 saturated carbocycles. The summed E-state index contributed by atoms with van der Waals surface area (Å²) in [6, 6.07) is 0. The summed E-state index contributed by atoms with van der Waals surface area (Å²) in [7, 11) is 0. The Hall–Kier alpha value is -1.44. The zero-order chi connectivity index (χ0) is 29.5. The molecule has 0 bridgehead atoms. The van der Waals surface area contributed by atoms with Crippen molar-refractivity contribution in [2.45, 2.75) is 113 Å². The Kier molecular flexibility index (Phi) is 7.26. The van der Waals surface area contributed by atoms with Gasteiger partial charge in [0.05, 0.1) is 41.0 Å². The number of aliphatic hydroxyl groups is 7. The lowest BCUT2D eigenvalue weighted by Crippen LogP contribution is -2.71. The predicted molar refractivity (Wildman–Crippen MR) is 141 cm³/mol. The maximum Gasteiger partial charge on any atom is 0.331 e. The van der Waals surface area contributed by atoms with Crippen molar-refractivity contribution in [3.8, 4) is 0 Å². The summed E-state index contributed by atoms with van der Waals surface area (Å²) in [5, 5.41) is 76.8. The second kappa shape index (κ2) is 10.1. The summed E-state index contributed by atoms with van der Waals surface area (Å²) in [4.78, 5) is 24.8. The number of ether oxygens (including phenoxy) is 2. The Morgan fingerprint density at radius 3 is 2.41 bits per heavy atom. The average Bonchev–Trinajstić information content (AvgIpc) is 3.49. The first-order valence-electron chi connectivity index (χ1n) is 15.1. The molecule has 11 nitrogen and oxygen atoms in total. The van der Waals surface area contributed by atoms with Crippen LogP contribution in [0.15, 0.2) is 11.6 Å². The molecule has 0 aromatic rings. The second-order valence-electron chi connectivity index (χ2n) is 14.0. The van der Waals surface area contributed by atoms with Crippen molar-refractivity contribution in [3.63, 3.8) is 0 Å². The summed E-state index contributed by atoms with van der Waals surface area (Å²) < 4.78 is 11.3. The lowest BCUT2D eigenvalue weighted by Gasteiger charge is -2.66. The number of rotatable bonds is 5. The van der Waals surface area contributed by atoms with Gasteiger partial charge in [0.25, 0.3) is 0 Å². The predicted octanol–water partition coefficient (Wildman–Crippen LogP) is -0.643. The number of hydrogen-bond donors (Lipinski definition) is 7. The molecule has 41 heavy (non-hydrogen) atoms. The summed E-state index contributed by atoms with van der Waals surface area (Å²) in [6.07, 6.45) is -1.31. The molecular weight excluding hydrogens is 536 g/mol. The maximum atomic E-state index is 13.0. The van der Waals surface area contributed by atoms with E-state index in [-0.39, 0.29) is 57.2 Å². The van der Waals surface area contributed by atoms with E-state index in [2.05, 4.69) is 0 Å². The molecule has 0 saturated heterocycles. The Labute approximate surface area is 239 Å². The fraction of sp³-hybridized carbons (Fsp3) is 0.867. The summed E-state index contributed by atoms with van der Waals surface area (Å²) in [5.41, 5.74) is -4.10. The zero-order valence-electron chi connectivity index (χ0n) is 23.5. The van der Waals surface area contributed by atoms with Crippen LogP contribution in [0.5, 0.6) is 0 Å². The van der Waals surface area contributed by atoms with Crippen LogP contribution in [-0.2, 0) is 19.1 Å². The number of esters is 1. The molecule has 6 rings (SSSR count). The normalized spacial score (nSPS) is 54.9. The molecule has 0 amide bonds. The van der Waals surface area contributed by atoms with Crippen molar-refractivity contribution in [2.24, 2.45) is 34.5 Å². The zero-order valence-corrected chi connectivity index (χ0v) is 23.5. The summed E-state index contributed by atoms with van der Waals surface area (Å²) in [6.45, 7) is 1.66. The van der Waals surface area contributed by atoms with Crippen LogP contribution in [0.3, 0.4) is 0 Å². The van der Waals surface area contributed by atoms with Gasteiger partial charge in [-0.2, -0.15) is 0 Å². The third-order valence-electron chi connectivity index (χ3n) is 12.6.